The highest BCUT2D eigenvalue weighted by atomic mass is 79.9. The molecule has 7 heteroatoms. The maximum absolute atomic E-state index is 9.12. The largest absolute Gasteiger partial charge is 0.394 e. The van der Waals surface area contributed by atoms with Crippen LogP contribution in [0.5, 0.6) is 0 Å². The van der Waals surface area contributed by atoms with Crippen LogP contribution in [0, 0.1) is 0 Å². The summed E-state index contributed by atoms with van der Waals surface area (Å²) in [4.78, 5) is 0. The molecule has 5 atom stereocenters. The Bertz CT molecular complexity index is 164. The second-order valence-corrected chi connectivity index (χ2v) is 4.11. The fourth-order valence-electron chi connectivity index (χ4n) is 1.08. The van der Waals surface area contributed by atoms with Crippen molar-refractivity contribution in [1.29, 1.82) is 0 Å². The van der Waals surface area contributed by atoms with E-state index in [-0.39, 0.29) is 0 Å². The molecule has 1 aliphatic rings. The van der Waals surface area contributed by atoms with Crippen molar-refractivity contribution in [3.63, 3.8) is 0 Å². The summed E-state index contributed by atoms with van der Waals surface area (Å²) in [5.74, 6) is 0. The van der Waals surface area contributed by atoms with Gasteiger partial charge in [-0.2, -0.15) is 0 Å². The highest BCUT2D eigenvalue weighted by Gasteiger charge is 2.42. The van der Waals surface area contributed by atoms with E-state index in [4.69, 9.17) is 25.5 Å². The zero-order valence-electron chi connectivity index (χ0n) is 8.32. The van der Waals surface area contributed by atoms with E-state index >= 15 is 0 Å². The van der Waals surface area contributed by atoms with Gasteiger partial charge in [0.1, 0.15) is 24.4 Å². The van der Waals surface area contributed by atoms with Crippen molar-refractivity contribution in [2.24, 2.45) is 0 Å². The maximum atomic E-state index is 9.12. The van der Waals surface area contributed by atoms with E-state index in [9.17, 15) is 0 Å². The minimum absolute atomic E-state index is 0.526. The summed E-state index contributed by atoms with van der Waals surface area (Å²) < 4.78 is 4.58. The van der Waals surface area contributed by atoms with E-state index in [1.165, 1.54) is 0 Å². The highest BCUT2D eigenvalue weighted by Crippen LogP contribution is 2.18. The van der Waals surface area contributed by atoms with Gasteiger partial charge >= 0.3 is 0 Å². The summed E-state index contributed by atoms with van der Waals surface area (Å²) in [5, 5.41) is 45.7. The van der Waals surface area contributed by atoms with Gasteiger partial charge in [0.2, 0.25) is 0 Å². The Labute approximate surface area is 96.2 Å². The van der Waals surface area contributed by atoms with Crippen LogP contribution in [0.15, 0.2) is 0 Å². The molecule has 0 amide bonds. The molecule has 0 bridgehead atoms. The molecule has 0 aliphatic carbocycles. The minimum Gasteiger partial charge on any atom is -0.394 e. The summed E-state index contributed by atoms with van der Waals surface area (Å²) in [5.41, 5.74) is 0. The van der Waals surface area contributed by atoms with E-state index in [2.05, 4.69) is 20.7 Å². The fourth-order valence-corrected chi connectivity index (χ4v) is 1.08. The van der Waals surface area contributed by atoms with Crippen LogP contribution in [0.1, 0.15) is 6.92 Å². The van der Waals surface area contributed by atoms with Crippen LogP contribution in [-0.4, -0.2) is 68.2 Å². The molecule has 0 unspecified atom stereocenters. The molecule has 1 aliphatic heterocycles. The summed E-state index contributed by atoms with van der Waals surface area (Å²) in [7, 11) is 0. The number of alkyl halides is 1. The van der Waals surface area contributed by atoms with Gasteiger partial charge in [-0.05, 0) is 0 Å². The van der Waals surface area contributed by atoms with Gasteiger partial charge in [0.05, 0.1) is 6.61 Å². The van der Waals surface area contributed by atoms with Crippen molar-refractivity contribution < 1.29 is 30.3 Å². The van der Waals surface area contributed by atoms with Gasteiger partial charge in [0, 0.05) is 5.33 Å². The Balaban J connectivity index is 0.000000583. The van der Waals surface area contributed by atoms with Crippen molar-refractivity contribution in [3.05, 3.63) is 0 Å². The lowest BCUT2D eigenvalue weighted by atomic mass is 10.00. The molecule has 0 spiro atoms. The van der Waals surface area contributed by atoms with Crippen molar-refractivity contribution in [2.45, 2.75) is 37.6 Å². The van der Waals surface area contributed by atoms with Crippen molar-refractivity contribution in [1.82, 2.24) is 0 Å². The van der Waals surface area contributed by atoms with Crippen LogP contribution in [-0.2, 0) is 4.74 Å². The number of aliphatic hydroxyl groups is 5. The molecule has 1 saturated heterocycles. The molecule has 1 fully saturated rings. The minimum atomic E-state index is -1.57. The summed E-state index contributed by atoms with van der Waals surface area (Å²) in [6.45, 7) is 1.52. The van der Waals surface area contributed by atoms with Crippen LogP contribution in [0.3, 0.4) is 0 Å². The smallest absolute Gasteiger partial charge is 0.184 e. The Morgan fingerprint density at radius 1 is 1.07 bits per heavy atom. The first-order chi connectivity index (χ1) is 6.99. The van der Waals surface area contributed by atoms with Crippen LogP contribution in [0.2, 0.25) is 0 Å². The third-order valence-corrected chi connectivity index (χ3v) is 1.87. The quantitative estimate of drug-likeness (QED) is 0.364. The van der Waals surface area contributed by atoms with E-state index in [0.29, 0.717) is 0 Å². The topological polar surface area (TPSA) is 110 Å². The molecule has 0 radical (unpaired) electrons. The first-order valence-electron chi connectivity index (χ1n) is 4.54. The van der Waals surface area contributed by atoms with Gasteiger partial charge in [-0.1, -0.05) is 22.9 Å². The van der Waals surface area contributed by atoms with Gasteiger partial charge in [0.25, 0.3) is 0 Å². The van der Waals surface area contributed by atoms with Gasteiger partial charge in [-0.3, -0.25) is 0 Å². The predicted octanol–water partition coefficient (Wildman–Crippen LogP) is -1.82. The van der Waals surface area contributed by atoms with Crippen LogP contribution in [0.25, 0.3) is 0 Å². The van der Waals surface area contributed by atoms with Crippen molar-refractivity contribution >= 4 is 15.9 Å². The van der Waals surface area contributed by atoms with Gasteiger partial charge in [0.15, 0.2) is 6.29 Å². The van der Waals surface area contributed by atoms with Gasteiger partial charge < -0.3 is 30.3 Å². The van der Waals surface area contributed by atoms with E-state index in [1.807, 2.05) is 6.92 Å². The van der Waals surface area contributed by atoms with E-state index < -0.39 is 37.3 Å². The second kappa shape index (κ2) is 7.50. The molecular weight excluding hydrogens is 272 g/mol. The Morgan fingerprint density at radius 2 is 1.53 bits per heavy atom. The normalized spacial score (nSPS) is 40.6. The Kier molecular flexibility index (Phi) is 7.62. The molecular formula is C8H17BrO6. The summed E-state index contributed by atoms with van der Waals surface area (Å²) in [6.07, 6.45) is -7.04. The SMILES string of the molecule is CCBr.OC[C@H]1O[C@H](O)[C@H](O)[C@@H](O)[C@@H]1O. The molecule has 0 aromatic carbocycles. The molecule has 1 heterocycles. The number of halogens is 1. The van der Waals surface area contributed by atoms with Crippen LogP contribution in [0.4, 0.5) is 0 Å². The second-order valence-electron chi connectivity index (χ2n) is 2.99. The molecule has 0 aromatic rings. The number of hydrogen-bond acceptors (Lipinski definition) is 6. The average Bonchev–Trinajstić information content (AvgIpc) is 2.21. The Morgan fingerprint density at radius 3 is 1.93 bits per heavy atom. The summed E-state index contributed by atoms with van der Waals surface area (Å²) >= 11 is 3.15. The number of hydrogen-bond donors (Lipinski definition) is 5. The van der Waals surface area contributed by atoms with Crippen molar-refractivity contribution in [2.75, 3.05) is 11.9 Å². The van der Waals surface area contributed by atoms with E-state index in [1.54, 1.807) is 0 Å². The predicted molar refractivity (Wildman–Crippen MR) is 55.5 cm³/mol. The third-order valence-electron chi connectivity index (χ3n) is 1.87. The summed E-state index contributed by atoms with van der Waals surface area (Å²) in [6, 6.07) is 0. The lowest BCUT2D eigenvalue weighted by molar-refractivity contribution is -0.286. The zero-order chi connectivity index (χ0) is 12.0. The average molecular weight is 289 g/mol. The first-order valence-corrected chi connectivity index (χ1v) is 5.66. The molecule has 6 nitrogen and oxygen atoms in total. The maximum Gasteiger partial charge on any atom is 0.184 e. The molecule has 1 rings (SSSR count). The third kappa shape index (κ3) is 4.31. The van der Waals surface area contributed by atoms with Gasteiger partial charge in [-0.25, -0.2) is 0 Å². The highest BCUT2D eigenvalue weighted by molar-refractivity contribution is 9.09. The lowest BCUT2D eigenvalue weighted by Gasteiger charge is -2.37. The first kappa shape index (κ1) is 15.2. The molecule has 0 saturated carbocycles. The van der Waals surface area contributed by atoms with Gasteiger partial charge in [-0.15, -0.1) is 0 Å². The zero-order valence-corrected chi connectivity index (χ0v) is 9.91. The Hall–Kier alpha value is 0.240. The molecule has 5 N–H and O–H groups in total. The molecule has 15 heavy (non-hydrogen) atoms. The monoisotopic (exact) mass is 288 g/mol. The standard InChI is InChI=1S/C6H12O6.C2H5Br/c7-1-2-3(8)4(9)5(10)6(11)12-2;1-2-3/h2-11H,1H2;2H2,1H3/t2-,3-,4+,5-,6+;/m1./s1. The van der Waals surface area contributed by atoms with Crippen LogP contribution >= 0.6 is 15.9 Å². The fraction of sp³-hybridized carbons (Fsp3) is 1.00. The molecule has 0 aromatic heterocycles. The number of ether oxygens (including phenoxy) is 1. The number of aliphatic hydroxyl groups excluding tert-OH is 5. The number of rotatable bonds is 1. The van der Waals surface area contributed by atoms with Crippen LogP contribution < -0.4 is 0 Å². The van der Waals surface area contributed by atoms with E-state index in [0.717, 1.165) is 5.33 Å². The molecule has 92 valence electrons. The van der Waals surface area contributed by atoms with Crippen molar-refractivity contribution in [3.8, 4) is 0 Å². The lowest BCUT2D eigenvalue weighted by Crippen LogP contribution is -2.58.